The summed E-state index contributed by atoms with van der Waals surface area (Å²) in [6.45, 7) is 0. The quantitative estimate of drug-likeness (QED) is 0.336. The zero-order valence-electron chi connectivity index (χ0n) is 15.5. The number of hydrogen-bond acceptors (Lipinski definition) is 4. The molecule has 0 spiro atoms. The second-order valence-corrected chi connectivity index (χ2v) is 10.0. The molecule has 0 aliphatic heterocycles. The summed E-state index contributed by atoms with van der Waals surface area (Å²) < 4.78 is 0. The van der Waals surface area contributed by atoms with Gasteiger partial charge in [-0.15, -0.1) is 22.7 Å². The molecule has 0 atom stereocenters. The van der Waals surface area contributed by atoms with Gasteiger partial charge in [-0.3, -0.25) is 0 Å². The van der Waals surface area contributed by atoms with Crippen LogP contribution in [0.1, 0.15) is 0 Å². The highest BCUT2D eigenvalue weighted by Gasteiger charge is 2.23. The number of aromatic nitrogens is 2. The van der Waals surface area contributed by atoms with E-state index < -0.39 is 7.92 Å². The largest absolute Gasteiger partial charge is 0.245 e. The summed E-state index contributed by atoms with van der Waals surface area (Å²) in [5.74, 6) is 0. The van der Waals surface area contributed by atoms with Gasteiger partial charge < -0.3 is 0 Å². The minimum atomic E-state index is -0.768. The molecular formula is C24H17N2PS2. The van der Waals surface area contributed by atoms with Gasteiger partial charge in [0.15, 0.2) is 0 Å². The molecule has 0 amide bonds. The fourth-order valence-corrected chi connectivity index (χ4v) is 7.17. The minimum Gasteiger partial charge on any atom is -0.245 e. The third-order valence-corrected chi connectivity index (χ3v) is 8.45. The molecule has 0 aliphatic carbocycles. The van der Waals surface area contributed by atoms with Crippen LogP contribution in [0.25, 0.3) is 22.5 Å². The predicted molar refractivity (Wildman–Crippen MR) is 127 cm³/mol. The summed E-state index contributed by atoms with van der Waals surface area (Å²) >= 11 is 3.27. The Morgan fingerprint density at radius 3 is 1.52 bits per heavy atom. The molecule has 0 N–H and O–H groups in total. The fourth-order valence-electron chi connectivity index (χ4n) is 3.45. The molecule has 2 nitrogen and oxygen atoms in total. The normalized spacial score (nSPS) is 11.1. The van der Waals surface area contributed by atoms with E-state index in [0.717, 1.165) is 11.4 Å². The van der Waals surface area contributed by atoms with E-state index in [1.165, 1.54) is 27.0 Å². The smallest absolute Gasteiger partial charge is 0.0817 e. The van der Waals surface area contributed by atoms with Crippen LogP contribution in [0.15, 0.2) is 101 Å². The van der Waals surface area contributed by atoms with E-state index in [-0.39, 0.29) is 0 Å². The molecule has 0 fully saturated rings. The summed E-state index contributed by atoms with van der Waals surface area (Å²) in [5, 5.41) is 8.23. The van der Waals surface area contributed by atoms with Crippen LogP contribution < -0.4 is 15.9 Å². The third kappa shape index (κ3) is 3.67. The van der Waals surface area contributed by atoms with Crippen molar-refractivity contribution in [2.24, 2.45) is 0 Å². The highest BCUT2D eigenvalue weighted by molar-refractivity contribution is 7.80. The number of benzene rings is 3. The van der Waals surface area contributed by atoms with Gasteiger partial charge >= 0.3 is 0 Å². The average Bonchev–Trinajstić information content (AvgIpc) is 3.50. The van der Waals surface area contributed by atoms with E-state index in [2.05, 4.69) is 99.6 Å². The maximum Gasteiger partial charge on any atom is 0.0817 e. The molecule has 0 bridgehead atoms. The van der Waals surface area contributed by atoms with Crippen molar-refractivity contribution >= 4 is 46.5 Å². The van der Waals surface area contributed by atoms with Crippen molar-refractivity contribution < 1.29 is 0 Å². The lowest BCUT2D eigenvalue weighted by Crippen LogP contribution is -2.23. The Kier molecular flexibility index (Phi) is 5.31. The second kappa shape index (κ2) is 8.38. The number of thiazole rings is 2. The highest BCUT2D eigenvalue weighted by atomic mass is 32.1. The molecule has 140 valence electrons. The lowest BCUT2D eigenvalue weighted by Gasteiger charge is -2.23. The first-order valence-corrected chi connectivity index (χ1v) is 12.4. The Hall–Kier alpha value is -2.65. The van der Waals surface area contributed by atoms with Crippen molar-refractivity contribution in [2.75, 3.05) is 0 Å². The third-order valence-electron chi connectivity index (χ3n) is 4.72. The monoisotopic (exact) mass is 428 g/mol. The molecule has 0 saturated heterocycles. The summed E-state index contributed by atoms with van der Waals surface area (Å²) in [6, 6.07) is 28.2. The molecule has 5 rings (SSSR count). The molecule has 5 aromatic rings. The molecule has 3 aromatic carbocycles. The fraction of sp³-hybridized carbons (Fsp3) is 0. The Labute approximate surface area is 179 Å². The zero-order chi connectivity index (χ0) is 19.5. The summed E-state index contributed by atoms with van der Waals surface area (Å²) in [5.41, 5.74) is 8.30. The molecule has 5 heteroatoms. The van der Waals surface area contributed by atoms with Gasteiger partial charge in [0.2, 0.25) is 0 Å². The molecular weight excluding hydrogens is 411 g/mol. The van der Waals surface area contributed by atoms with Crippen LogP contribution in [-0.2, 0) is 0 Å². The van der Waals surface area contributed by atoms with Gasteiger partial charge in [0.25, 0.3) is 0 Å². The van der Waals surface area contributed by atoms with E-state index in [9.17, 15) is 0 Å². The van der Waals surface area contributed by atoms with Crippen molar-refractivity contribution in [3.8, 4) is 22.5 Å². The van der Waals surface area contributed by atoms with Gasteiger partial charge in [0, 0.05) is 21.9 Å². The van der Waals surface area contributed by atoms with Crippen LogP contribution in [0, 0.1) is 0 Å². The SMILES string of the molecule is c1ccc(P(c2ccccc2-c2cscn2)c2ccccc2-c2cscn2)cc1. The van der Waals surface area contributed by atoms with E-state index in [0.29, 0.717) is 0 Å². The molecule has 0 unspecified atom stereocenters. The van der Waals surface area contributed by atoms with Gasteiger partial charge in [0.05, 0.1) is 22.4 Å². The average molecular weight is 429 g/mol. The van der Waals surface area contributed by atoms with Gasteiger partial charge in [-0.1, -0.05) is 78.9 Å². The van der Waals surface area contributed by atoms with Crippen molar-refractivity contribution in [3.05, 3.63) is 101 Å². The number of hydrogen-bond donors (Lipinski definition) is 0. The summed E-state index contributed by atoms with van der Waals surface area (Å²) in [4.78, 5) is 9.21. The molecule has 0 saturated carbocycles. The molecule has 0 aliphatic rings. The van der Waals surface area contributed by atoms with Crippen molar-refractivity contribution in [1.29, 1.82) is 0 Å². The van der Waals surface area contributed by atoms with Crippen molar-refractivity contribution in [2.45, 2.75) is 0 Å². The van der Waals surface area contributed by atoms with Crippen molar-refractivity contribution in [3.63, 3.8) is 0 Å². The highest BCUT2D eigenvalue weighted by Crippen LogP contribution is 2.40. The maximum atomic E-state index is 4.61. The van der Waals surface area contributed by atoms with Crippen LogP contribution in [-0.4, -0.2) is 9.97 Å². The van der Waals surface area contributed by atoms with E-state index in [1.54, 1.807) is 22.7 Å². The Bertz CT molecular complexity index is 1130. The van der Waals surface area contributed by atoms with Crippen LogP contribution in [0.3, 0.4) is 0 Å². The standard InChI is InChI=1S/C24H17N2PS2/c1-2-8-18(9-3-1)27(23-12-6-4-10-19(23)21-14-28-16-25-21)24-13-7-5-11-20(24)22-15-29-17-26-22/h1-17H. The molecule has 0 radical (unpaired) electrons. The summed E-state index contributed by atoms with van der Waals surface area (Å²) in [7, 11) is -0.768. The Morgan fingerprint density at radius 1 is 0.552 bits per heavy atom. The van der Waals surface area contributed by atoms with E-state index >= 15 is 0 Å². The maximum absolute atomic E-state index is 4.61. The zero-order valence-corrected chi connectivity index (χ0v) is 18.0. The van der Waals surface area contributed by atoms with Crippen LogP contribution >= 0.6 is 30.6 Å². The Balaban J connectivity index is 1.77. The van der Waals surface area contributed by atoms with Crippen LogP contribution in [0.2, 0.25) is 0 Å². The van der Waals surface area contributed by atoms with E-state index in [1.807, 2.05) is 11.0 Å². The first-order chi connectivity index (χ1) is 14.4. The number of rotatable bonds is 5. The first kappa shape index (κ1) is 18.4. The molecule has 2 heterocycles. The molecule has 2 aromatic heterocycles. The van der Waals surface area contributed by atoms with Crippen LogP contribution in [0.4, 0.5) is 0 Å². The van der Waals surface area contributed by atoms with Gasteiger partial charge in [0.1, 0.15) is 0 Å². The Morgan fingerprint density at radius 2 is 1.03 bits per heavy atom. The van der Waals surface area contributed by atoms with Crippen molar-refractivity contribution in [1.82, 2.24) is 9.97 Å². The van der Waals surface area contributed by atoms with Gasteiger partial charge in [-0.2, -0.15) is 0 Å². The first-order valence-electron chi connectivity index (χ1n) is 9.22. The lowest BCUT2D eigenvalue weighted by atomic mass is 10.2. The van der Waals surface area contributed by atoms with Crippen LogP contribution in [0.5, 0.6) is 0 Å². The predicted octanol–water partition coefficient (Wildman–Crippen LogP) is 5.69. The lowest BCUT2D eigenvalue weighted by molar-refractivity contribution is 1.42. The summed E-state index contributed by atoms with van der Waals surface area (Å²) in [6.07, 6.45) is 0. The van der Waals surface area contributed by atoms with Gasteiger partial charge in [-0.05, 0) is 23.8 Å². The van der Waals surface area contributed by atoms with Gasteiger partial charge in [-0.25, -0.2) is 9.97 Å². The number of nitrogens with zero attached hydrogens (tertiary/aromatic N) is 2. The molecule has 29 heavy (non-hydrogen) atoms. The minimum absolute atomic E-state index is 0.768. The topological polar surface area (TPSA) is 25.8 Å². The van der Waals surface area contributed by atoms with E-state index in [4.69, 9.17) is 0 Å². The second-order valence-electron chi connectivity index (χ2n) is 6.45.